The van der Waals surface area contributed by atoms with E-state index in [0.717, 1.165) is 43.2 Å². The van der Waals surface area contributed by atoms with Crippen LogP contribution in [0.5, 0.6) is 0 Å². The molecule has 1 aromatic rings. The van der Waals surface area contributed by atoms with Gasteiger partial charge in [0.05, 0.1) is 6.10 Å². The van der Waals surface area contributed by atoms with Crippen LogP contribution in [0.4, 0.5) is 0 Å². The van der Waals surface area contributed by atoms with E-state index in [1.54, 1.807) is 0 Å². The molecule has 0 spiro atoms. The minimum absolute atomic E-state index is 0.319. The quantitative estimate of drug-likeness (QED) is 0.884. The Morgan fingerprint density at radius 1 is 1.32 bits per heavy atom. The van der Waals surface area contributed by atoms with Crippen LogP contribution in [0.25, 0.3) is 0 Å². The zero-order valence-electron chi connectivity index (χ0n) is 12.5. The second-order valence-corrected chi connectivity index (χ2v) is 5.52. The Morgan fingerprint density at radius 2 is 2.00 bits per heavy atom. The topological polar surface area (TPSA) is 47.0 Å². The molecule has 4 nitrogen and oxygen atoms in total. The molecule has 19 heavy (non-hydrogen) atoms. The fourth-order valence-corrected chi connectivity index (χ4v) is 3.02. The van der Waals surface area contributed by atoms with E-state index in [1.807, 2.05) is 7.05 Å². The van der Waals surface area contributed by atoms with Crippen molar-refractivity contribution >= 4 is 0 Å². The lowest BCUT2D eigenvalue weighted by atomic mass is 9.98. The molecule has 0 radical (unpaired) electrons. The monoisotopic (exact) mass is 263 g/mol. The Kier molecular flexibility index (Phi) is 4.88. The SMILES string of the molecule is CNCC(C)c1c(C)nc(CC2CCCO2)nc1C. The van der Waals surface area contributed by atoms with Gasteiger partial charge in [-0.2, -0.15) is 0 Å². The first-order valence-electron chi connectivity index (χ1n) is 7.22. The van der Waals surface area contributed by atoms with Crippen molar-refractivity contribution in [2.75, 3.05) is 20.2 Å². The summed E-state index contributed by atoms with van der Waals surface area (Å²) in [5, 5.41) is 3.22. The average molecular weight is 263 g/mol. The lowest BCUT2D eigenvalue weighted by molar-refractivity contribution is 0.110. The Hall–Kier alpha value is -1.00. The Bertz CT molecular complexity index is 404. The van der Waals surface area contributed by atoms with Crippen LogP contribution in [0.3, 0.4) is 0 Å². The summed E-state index contributed by atoms with van der Waals surface area (Å²) >= 11 is 0. The molecule has 1 aliphatic heterocycles. The third kappa shape index (κ3) is 3.51. The number of nitrogens with zero attached hydrogens (tertiary/aromatic N) is 2. The van der Waals surface area contributed by atoms with Gasteiger partial charge in [-0.3, -0.25) is 0 Å². The summed E-state index contributed by atoms with van der Waals surface area (Å²) in [6, 6.07) is 0. The summed E-state index contributed by atoms with van der Waals surface area (Å²) in [5.74, 6) is 1.38. The molecule has 1 aromatic heterocycles. The van der Waals surface area contributed by atoms with E-state index >= 15 is 0 Å². The lowest BCUT2D eigenvalue weighted by Gasteiger charge is -2.17. The van der Waals surface area contributed by atoms with Crippen LogP contribution in [-0.2, 0) is 11.2 Å². The van der Waals surface area contributed by atoms with Crippen LogP contribution < -0.4 is 5.32 Å². The number of aromatic nitrogens is 2. The molecule has 4 heteroatoms. The predicted octanol–water partition coefficient (Wildman–Crippen LogP) is 2.14. The zero-order valence-corrected chi connectivity index (χ0v) is 12.5. The molecule has 1 fully saturated rings. The number of hydrogen-bond acceptors (Lipinski definition) is 4. The standard InChI is InChI=1S/C15H25N3O/c1-10(9-16-4)15-11(2)17-14(18-12(15)3)8-13-6-5-7-19-13/h10,13,16H,5-9H2,1-4H3. The summed E-state index contributed by atoms with van der Waals surface area (Å²) in [5.41, 5.74) is 3.51. The zero-order chi connectivity index (χ0) is 13.8. The maximum absolute atomic E-state index is 5.66. The summed E-state index contributed by atoms with van der Waals surface area (Å²) in [6.45, 7) is 8.25. The molecular weight excluding hydrogens is 238 g/mol. The minimum atomic E-state index is 0.319. The number of aryl methyl sites for hydroxylation is 2. The Morgan fingerprint density at radius 3 is 2.53 bits per heavy atom. The average Bonchev–Trinajstić information content (AvgIpc) is 2.81. The van der Waals surface area contributed by atoms with Crippen molar-refractivity contribution in [3.05, 3.63) is 22.8 Å². The Labute approximate surface area is 116 Å². The van der Waals surface area contributed by atoms with Crippen molar-refractivity contribution in [3.63, 3.8) is 0 Å². The minimum Gasteiger partial charge on any atom is -0.378 e. The van der Waals surface area contributed by atoms with E-state index in [2.05, 4.69) is 36.1 Å². The molecule has 2 rings (SSSR count). The van der Waals surface area contributed by atoms with E-state index in [4.69, 9.17) is 4.74 Å². The third-order valence-corrected chi connectivity index (χ3v) is 3.81. The van der Waals surface area contributed by atoms with Gasteiger partial charge in [0, 0.05) is 31.0 Å². The molecule has 1 saturated heterocycles. The highest BCUT2D eigenvalue weighted by Crippen LogP contribution is 2.22. The van der Waals surface area contributed by atoms with Crippen LogP contribution in [0.1, 0.15) is 48.5 Å². The van der Waals surface area contributed by atoms with Crippen molar-refractivity contribution in [1.29, 1.82) is 0 Å². The first-order valence-corrected chi connectivity index (χ1v) is 7.22. The molecule has 0 bridgehead atoms. The normalized spacial score (nSPS) is 20.7. The summed E-state index contributed by atoms with van der Waals surface area (Å²) in [7, 11) is 1.98. The first-order chi connectivity index (χ1) is 9.11. The smallest absolute Gasteiger partial charge is 0.131 e. The molecule has 2 unspecified atom stereocenters. The highest BCUT2D eigenvalue weighted by Gasteiger charge is 2.19. The van der Waals surface area contributed by atoms with Gasteiger partial charge in [0.1, 0.15) is 5.82 Å². The highest BCUT2D eigenvalue weighted by atomic mass is 16.5. The molecule has 2 atom stereocenters. The highest BCUT2D eigenvalue weighted by molar-refractivity contribution is 5.28. The molecule has 0 amide bonds. The van der Waals surface area contributed by atoms with Crippen molar-refractivity contribution in [2.24, 2.45) is 0 Å². The number of ether oxygens (including phenoxy) is 1. The van der Waals surface area contributed by atoms with Crippen molar-refractivity contribution in [2.45, 2.75) is 52.1 Å². The molecular formula is C15H25N3O. The summed E-state index contributed by atoms with van der Waals surface area (Å²) in [4.78, 5) is 9.36. The lowest BCUT2D eigenvalue weighted by Crippen LogP contribution is -2.19. The molecule has 1 N–H and O–H groups in total. The number of nitrogens with one attached hydrogen (secondary N) is 1. The van der Waals surface area contributed by atoms with E-state index in [1.165, 1.54) is 12.0 Å². The fraction of sp³-hybridized carbons (Fsp3) is 0.733. The van der Waals surface area contributed by atoms with Gasteiger partial charge in [-0.25, -0.2) is 9.97 Å². The van der Waals surface area contributed by atoms with E-state index in [9.17, 15) is 0 Å². The Balaban J connectivity index is 2.15. The van der Waals surface area contributed by atoms with Crippen molar-refractivity contribution < 1.29 is 4.74 Å². The summed E-state index contributed by atoms with van der Waals surface area (Å²) < 4.78 is 5.66. The van der Waals surface area contributed by atoms with Crippen molar-refractivity contribution in [1.82, 2.24) is 15.3 Å². The molecule has 2 heterocycles. The van der Waals surface area contributed by atoms with Gasteiger partial charge < -0.3 is 10.1 Å². The van der Waals surface area contributed by atoms with Gasteiger partial charge in [0.15, 0.2) is 0 Å². The second kappa shape index (κ2) is 6.44. The fourth-order valence-electron chi connectivity index (χ4n) is 3.02. The molecule has 1 aliphatic rings. The van der Waals surface area contributed by atoms with Gasteiger partial charge in [0.25, 0.3) is 0 Å². The van der Waals surface area contributed by atoms with Crippen molar-refractivity contribution in [3.8, 4) is 0 Å². The molecule has 106 valence electrons. The number of likely N-dealkylation sites (N-methyl/N-ethyl adjacent to an activating group) is 1. The summed E-state index contributed by atoms with van der Waals surface area (Å²) in [6.07, 6.45) is 3.47. The van der Waals surface area contributed by atoms with Crippen LogP contribution in [0.15, 0.2) is 0 Å². The van der Waals surface area contributed by atoms with E-state index < -0.39 is 0 Å². The molecule has 0 saturated carbocycles. The second-order valence-electron chi connectivity index (χ2n) is 5.52. The largest absolute Gasteiger partial charge is 0.378 e. The number of rotatable bonds is 5. The van der Waals surface area contributed by atoms with Gasteiger partial charge in [-0.05, 0) is 45.2 Å². The van der Waals surface area contributed by atoms with Crippen LogP contribution >= 0.6 is 0 Å². The van der Waals surface area contributed by atoms with E-state index in [0.29, 0.717) is 12.0 Å². The predicted molar refractivity (Wildman–Crippen MR) is 76.5 cm³/mol. The van der Waals surface area contributed by atoms with Crippen LogP contribution in [0, 0.1) is 13.8 Å². The van der Waals surface area contributed by atoms with Crippen LogP contribution in [-0.4, -0.2) is 36.3 Å². The van der Waals surface area contributed by atoms with Gasteiger partial charge >= 0.3 is 0 Å². The number of hydrogen-bond donors (Lipinski definition) is 1. The third-order valence-electron chi connectivity index (χ3n) is 3.81. The maximum atomic E-state index is 5.66. The van der Waals surface area contributed by atoms with Gasteiger partial charge in [-0.15, -0.1) is 0 Å². The van der Waals surface area contributed by atoms with E-state index in [-0.39, 0.29) is 0 Å². The molecule has 0 aliphatic carbocycles. The maximum Gasteiger partial charge on any atom is 0.131 e. The van der Waals surface area contributed by atoms with Gasteiger partial charge in [0.2, 0.25) is 0 Å². The molecule has 0 aromatic carbocycles. The van der Waals surface area contributed by atoms with Crippen LogP contribution in [0.2, 0.25) is 0 Å². The first kappa shape index (κ1) is 14.4. The van der Waals surface area contributed by atoms with Gasteiger partial charge in [-0.1, -0.05) is 6.92 Å².